The molecule has 0 aliphatic heterocycles. The van der Waals surface area contributed by atoms with Gasteiger partial charge in [-0.2, -0.15) is 4.80 Å². The Hall–Kier alpha value is -4.68. The van der Waals surface area contributed by atoms with Gasteiger partial charge in [-0.1, -0.05) is 18.2 Å². The Morgan fingerprint density at radius 1 is 1.11 bits per heavy atom. The van der Waals surface area contributed by atoms with Gasteiger partial charge < -0.3 is 19.9 Å². The third-order valence-electron chi connectivity index (χ3n) is 4.87. The topological polar surface area (TPSA) is 124 Å². The van der Waals surface area contributed by atoms with E-state index in [0.717, 1.165) is 15.9 Å². The van der Waals surface area contributed by atoms with Crippen LogP contribution < -0.4 is 14.8 Å². The Morgan fingerprint density at radius 2 is 1.92 bits per heavy atom. The number of pyridine rings is 1. The highest BCUT2D eigenvalue weighted by Crippen LogP contribution is 2.32. The Kier molecular flexibility index (Phi) is 6.99. The van der Waals surface area contributed by atoms with Gasteiger partial charge in [-0.25, -0.2) is 4.98 Å². The van der Waals surface area contributed by atoms with Crippen LogP contribution in [-0.4, -0.2) is 49.7 Å². The first kappa shape index (κ1) is 24.4. The van der Waals surface area contributed by atoms with E-state index in [1.807, 2.05) is 12.1 Å². The van der Waals surface area contributed by atoms with Crippen molar-refractivity contribution < 1.29 is 32.5 Å². The van der Waals surface area contributed by atoms with Crippen LogP contribution in [0.4, 0.5) is 19.0 Å². The molecule has 0 unspecified atom stereocenters. The van der Waals surface area contributed by atoms with Crippen LogP contribution in [0.5, 0.6) is 11.5 Å². The molecular weight excluding hydrogens is 481 g/mol. The Labute approximate surface area is 202 Å². The lowest BCUT2D eigenvalue weighted by Crippen LogP contribution is -2.17. The summed E-state index contributed by atoms with van der Waals surface area (Å²) in [6, 6.07) is 14.6. The summed E-state index contributed by atoms with van der Waals surface area (Å²) in [5.41, 5.74) is 2.65. The standard InChI is InChI=1S/C23H19F3N6O4/c1-35-19-7-5-15(10-18(19)22-29-31-32(30-22)13-21(33)34)16-6-8-20(28-12-16)27-11-14-3-2-4-17(9-14)36-23(24,25)26/h2-10,12H,11,13H2,1H3,(H,27,28)(H,33,34). The van der Waals surface area contributed by atoms with Crippen molar-refractivity contribution in [2.75, 3.05) is 12.4 Å². The molecule has 2 aromatic heterocycles. The van der Waals surface area contributed by atoms with Crippen molar-refractivity contribution in [2.45, 2.75) is 19.5 Å². The van der Waals surface area contributed by atoms with E-state index in [-0.39, 0.29) is 18.1 Å². The fraction of sp³-hybridized carbons (Fsp3) is 0.174. The maximum absolute atomic E-state index is 12.4. The first-order valence-corrected chi connectivity index (χ1v) is 10.4. The Bertz CT molecular complexity index is 1360. The number of benzene rings is 2. The number of carboxylic acid groups (broad SMARTS) is 1. The quantitative estimate of drug-likeness (QED) is 0.351. The molecule has 186 valence electrons. The molecule has 0 bridgehead atoms. The van der Waals surface area contributed by atoms with Gasteiger partial charge in [0.15, 0.2) is 6.54 Å². The van der Waals surface area contributed by atoms with Crippen LogP contribution in [0.3, 0.4) is 0 Å². The number of halogens is 3. The molecule has 4 rings (SSSR count). The second-order valence-corrected chi connectivity index (χ2v) is 7.43. The molecule has 2 aromatic carbocycles. The zero-order chi connectivity index (χ0) is 25.7. The van der Waals surface area contributed by atoms with Gasteiger partial charge in [0, 0.05) is 18.3 Å². The SMILES string of the molecule is COc1ccc(-c2ccc(NCc3cccc(OC(F)(F)F)c3)nc2)cc1-c1nnn(CC(=O)O)n1. The van der Waals surface area contributed by atoms with Crippen LogP contribution in [0.15, 0.2) is 60.8 Å². The molecular formula is C23H19F3N6O4. The number of anilines is 1. The summed E-state index contributed by atoms with van der Waals surface area (Å²) in [5, 5.41) is 23.7. The molecule has 0 amide bonds. The van der Waals surface area contributed by atoms with Crippen LogP contribution in [0.2, 0.25) is 0 Å². The lowest BCUT2D eigenvalue weighted by atomic mass is 10.0. The van der Waals surface area contributed by atoms with Crippen molar-refractivity contribution in [1.29, 1.82) is 0 Å². The van der Waals surface area contributed by atoms with Gasteiger partial charge in [-0.05, 0) is 52.7 Å². The number of hydrogen-bond acceptors (Lipinski definition) is 8. The molecule has 2 N–H and O–H groups in total. The summed E-state index contributed by atoms with van der Waals surface area (Å²) in [5.74, 6) is -0.179. The number of ether oxygens (including phenoxy) is 2. The highest BCUT2D eigenvalue weighted by Gasteiger charge is 2.31. The van der Waals surface area contributed by atoms with Gasteiger partial charge in [0.2, 0.25) is 5.82 Å². The average Bonchev–Trinajstić information content (AvgIpc) is 3.29. The third-order valence-corrected chi connectivity index (χ3v) is 4.87. The average molecular weight is 500 g/mol. The van der Waals surface area contributed by atoms with Gasteiger partial charge >= 0.3 is 12.3 Å². The molecule has 0 aliphatic rings. The molecule has 0 spiro atoms. The van der Waals surface area contributed by atoms with Gasteiger partial charge in [-0.3, -0.25) is 4.79 Å². The predicted octanol–water partition coefficient (Wildman–Crippen LogP) is 4.01. The fourth-order valence-electron chi connectivity index (χ4n) is 3.32. The third kappa shape index (κ3) is 6.25. The first-order valence-electron chi connectivity index (χ1n) is 10.4. The monoisotopic (exact) mass is 500 g/mol. The van der Waals surface area contributed by atoms with E-state index < -0.39 is 18.9 Å². The van der Waals surface area contributed by atoms with Crippen molar-refractivity contribution in [3.8, 4) is 34.0 Å². The molecule has 2 heterocycles. The number of tetrazole rings is 1. The van der Waals surface area contributed by atoms with E-state index in [4.69, 9.17) is 9.84 Å². The van der Waals surface area contributed by atoms with Gasteiger partial charge in [-0.15, -0.1) is 23.4 Å². The summed E-state index contributed by atoms with van der Waals surface area (Å²) in [6.07, 6.45) is -3.12. The number of hydrogen-bond donors (Lipinski definition) is 2. The minimum Gasteiger partial charge on any atom is -0.496 e. The number of aliphatic carboxylic acids is 1. The van der Waals surface area contributed by atoms with Gasteiger partial charge in [0.1, 0.15) is 17.3 Å². The summed E-state index contributed by atoms with van der Waals surface area (Å²) in [6.45, 7) is -0.182. The summed E-state index contributed by atoms with van der Waals surface area (Å²) in [4.78, 5) is 16.2. The van der Waals surface area contributed by atoms with Gasteiger partial charge in [0.05, 0.1) is 12.7 Å². The number of nitrogens with one attached hydrogen (secondary N) is 1. The zero-order valence-electron chi connectivity index (χ0n) is 18.7. The lowest BCUT2D eigenvalue weighted by molar-refractivity contribution is -0.274. The highest BCUT2D eigenvalue weighted by molar-refractivity contribution is 5.74. The van der Waals surface area contributed by atoms with E-state index in [0.29, 0.717) is 22.7 Å². The maximum atomic E-state index is 12.4. The lowest BCUT2D eigenvalue weighted by Gasteiger charge is -2.11. The molecule has 10 nitrogen and oxygen atoms in total. The second-order valence-electron chi connectivity index (χ2n) is 7.43. The van der Waals surface area contributed by atoms with Crippen LogP contribution in [0.25, 0.3) is 22.5 Å². The molecule has 36 heavy (non-hydrogen) atoms. The number of rotatable bonds is 9. The number of aromatic nitrogens is 5. The molecule has 13 heteroatoms. The maximum Gasteiger partial charge on any atom is 0.573 e. The number of carboxylic acids is 1. The molecule has 0 fully saturated rings. The predicted molar refractivity (Wildman–Crippen MR) is 121 cm³/mol. The van der Waals surface area contributed by atoms with Crippen molar-refractivity contribution in [1.82, 2.24) is 25.2 Å². The summed E-state index contributed by atoms with van der Waals surface area (Å²) < 4.78 is 46.6. The zero-order valence-corrected chi connectivity index (χ0v) is 18.7. The highest BCUT2D eigenvalue weighted by atomic mass is 19.4. The number of methoxy groups -OCH3 is 1. The molecule has 0 radical (unpaired) electrons. The van der Waals surface area contributed by atoms with E-state index in [1.54, 1.807) is 30.5 Å². The minimum atomic E-state index is -4.75. The Morgan fingerprint density at radius 3 is 2.61 bits per heavy atom. The van der Waals surface area contributed by atoms with Crippen LogP contribution in [-0.2, 0) is 17.9 Å². The first-order chi connectivity index (χ1) is 17.2. The fourth-order valence-corrected chi connectivity index (χ4v) is 3.32. The molecule has 0 atom stereocenters. The summed E-state index contributed by atoms with van der Waals surface area (Å²) in [7, 11) is 1.49. The largest absolute Gasteiger partial charge is 0.573 e. The minimum absolute atomic E-state index is 0.206. The van der Waals surface area contributed by atoms with E-state index >= 15 is 0 Å². The number of carbonyl (C=O) groups is 1. The number of alkyl halides is 3. The molecule has 4 aromatic rings. The van der Waals surface area contributed by atoms with Crippen LogP contribution in [0.1, 0.15) is 5.56 Å². The van der Waals surface area contributed by atoms with E-state index in [2.05, 4.69) is 30.4 Å². The normalized spacial score (nSPS) is 11.2. The molecule has 0 aliphatic carbocycles. The van der Waals surface area contributed by atoms with Crippen molar-refractivity contribution in [2.24, 2.45) is 0 Å². The van der Waals surface area contributed by atoms with Gasteiger partial charge in [0.25, 0.3) is 0 Å². The molecule has 0 saturated heterocycles. The number of nitrogens with zero attached hydrogens (tertiary/aromatic N) is 5. The second kappa shape index (κ2) is 10.3. The smallest absolute Gasteiger partial charge is 0.496 e. The van der Waals surface area contributed by atoms with Crippen LogP contribution >= 0.6 is 0 Å². The van der Waals surface area contributed by atoms with Crippen LogP contribution in [0, 0.1) is 0 Å². The van der Waals surface area contributed by atoms with Crippen molar-refractivity contribution >= 4 is 11.8 Å². The van der Waals surface area contributed by atoms with Crippen molar-refractivity contribution in [3.05, 3.63) is 66.4 Å². The Balaban J connectivity index is 1.48. The van der Waals surface area contributed by atoms with E-state index in [1.165, 1.54) is 25.3 Å². The molecule has 0 saturated carbocycles. The van der Waals surface area contributed by atoms with Crippen molar-refractivity contribution in [3.63, 3.8) is 0 Å². The summed E-state index contributed by atoms with van der Waals surface area (Å²) >= 11 is 0. The van der Waals surface area contributed by atoms with E-state index in [9.17, 15) is 18.0 Å².